The summed E-state index contributed by atoms with van der Waals surface area (Å²) in [7, 11) is 0. The zero-order chi connectivity index (χ0) is 13.9. The second-order valence-electron chi connectivity index (χ2n) is 6.35. The Morgan fingerprint density at radius 2 is 1.90 bits per heavy atom. The van der Waals surface area contributed by atoms with Gasteiger partial charge in [0.15, 0.2) is 0 Å². The molecular formula is C17H23BrFN. The molecule has 0 aromatic heterocycles. The molecule has 2 saturated carbocycles. The standard InChI is InChI=1S/C17H23BrFN/c18-13-6-9-17(19)16(10-13)15-5-3-1-2-4-12(15)11-20-14-7-8-14/h6,9-10,12,14-15,20H,1-5,7-8,11H2. The predicted molar refractivity (Wildman–Crippen MR) is 84.4 cm³/mol. The minimum atomic E-state index is -0.0310. The summed E-state index contributed by atoms with van der Waals surface area (Å²) in [5, 5.41) is 3.65. The van der Waals surface area contributed by atoms with Crippen molar-refractivity contribution in [3.8, 4) is 0 Å². The van der Waals surface area contributed by atoms with Gasteiger partial charge in [0.1, 0.15) is 5.82 Å². The molecule has 1 N–H and O–H groups in total. The average molecular weight is 340 g/mol. The number of halogens is 2. The lowest BCUT2D eigenvalue weighted by atomic mass is 9.82. The largest absolute Gasteiger partial charge is 0.314 e. The quantitative estimate of drug-likeness (QED) is 0.760. The van der Waals surface area contributed by atoms with E-state index in [1.807, 2.05) is 6.07 Å². The van der Waals surface area contributed by atoms with Crippen LogP contribution in [0.25, 0.3) is 0 Å². The van der Waals surface area contributed by atoms with Crippen molar-refractivity contribution in [2.45, 2.75) is 56.9 Å². The van der Waals surface area contributed by atoms with Crippen LogP contribution in [0, 0.1) is 11.7 Å². The van der Waals surface area contributed by atoms with Gasteiger partial charge in [-0.3, -0.25) is 0 Å². The number of rotatable bonds is 4. The first-order valence-corrected chi connectivity index (χ1v) is 8.71. The van der Waals surface area contributed by atoms with E-state index in [0.29, 0.717) is 11.8 Å². The van der Waals surface area contributed by atoms with E-state index in [1.54, 1.807) is 12.1 Å². The van der Waals surface area contributed by atoms with Crippen LogP contribution in [0.5, 0.6) is 0 Å². The molecule has 0 aliphatic heterocycles. The number of hydrogen-bond donors (Lipinski definition) is 1. The molecule has 110 valence electrons. The van der Waals surface area contributed by atoms with E-state index in [-0.39, 0.29) is 5.82 Å². The van der Waals surface area contributed by atoms with Crippen molar-refractivity contribution in [3.63, 3.8) is 0 Å². The maximum Gasteiger partial charge on any atom is 0.126 e. The Bertz CT molecular complexity index is 458. The van der Waals surface area contributed by atoms with Crippen molar-refractivity contribution < 1.29 is 4.39 Å². The van der Waals surface area contributed by atoms with E-state index in [0.717, 1.165) is 29.0 Å². The highest BCUT2D eigenvalue weighted by atomic mass is 79.9. The Hall–Kier alpha value is -0.410. The van der Waals surface area contributed by atoms with Gasteiger partial charge in [-0.25, -0.2) is 4.39 Å². The van der Waals surface area contributed by atoms with Crippen molar-refractivity contribution in [2.24, 2.45) is 5.92 Å². The van der Waals surface area contributed by atoms with Gasteiger partial charge in [0.2, 0.25) is 0 Å². The van der Waals surface area contributed by atoms with E-state index in [9.17, 15) is 4.39 Å². The Morgan fingerprint density at radius 1 is 1.10 bits per heavy atom. The normalized spacial score (nSPS) is 27.3. The average Bonchev–Trinajstić information content (AvgIpc) is 3.25. The zero-order valence-corrected chi connectivity index (χ0v) is 13.5. The first kappa shape index (κ1) is 14.5. The molecule has 1 aromatic rings. The molecular weight excluding hydrogens is 317 g/mol. The van der Waals surface area contributed by atoms with Crippen LogP contribution in [0.2, 0.25) is 0 Å². The van der Waals surface area contributed by atoms with E-state index in [4.69, 9.17) is 0 Å². The van der Waals surface area contributed by atoms with Gasteiger partial charge in [-0.05, 0) is 67.8 Å². The highest BCUT2D eigenvalue weighted by Gasteiger charge is 2.29. The lowest BCUT2D eigenvalue weighted by molar-refractivity contribution is 0.365. The molecule has 2 aliphatic rings. The lowest BCUT2D eigenvalue weighted by Crippen LogP contribution is -2.28. The molecule has 2 atom stereocenters. The minimum absolute atomic E-state index is 0.0310. The minimum Gasteiger partial charge on any atom is -0.314 e. The smallest absolute Gasteiger partial charge is 0.126 e. The summed E-state index contributed by atoms with van der Waals surface area (Å²) in [5.41, 5.74) is 0.920. The highest BCUT2D eigenvalue weighted by molar-refractivity contribution is 9.10. The van der Waals surface area contributed by atoms with Crippen LogP contribution in [0.15, 0.2) is 22.7 Å². The Kier molecular flexibility index (Phi) is 4.77. The van der Waals surface area contributed by atoms with E-state index < -0.39 is 0 Å². The van der Waals surface area contributed by atoms with Crippen molar-refractivity contribution in [3.05, 3.63) is 34.1 Å². The first-order chi connectivity index (χ1) is 9.74. The SMILES string of the molecule is Fc1ccc(Br)cc1C1CCCCCC1CNC1CC1. The van der Waals surface area contributed by atoms with Gasteiger partial charge in [0.25, 0.3) is 0 Å². The van der Waals surface area contributed by atoms with Crippen LogP contribution in [0.1, 0.15) is 56.4 Å². The van der Waals surface area contributed by atoms with Gasteiger partial charge >= 0.3 is 0 Å². The molecule has 0 radical (unpaired) electrons. The fraction of sp³-hybridized carbons (Fsp3) is 0.647. The third-order valence-corrected chi connectivity index (χ3v) is 5.26. The van der Waals surface area contributed by atoms with E-state index in [1.165, 1.54) is 38.5 Å². The Labute approximate surface area is 129 Å². The van der Waals surface area contributed by atoms with Crippen molar-refractivity contribution in [2.75, 3.05) is 6.54 Å². The maximum atomic E-state index is 14.2. The molecule has 2 fully saturated rings. The van der Waals surface area contributed by atoms with Gasteiger partial charge in [-0.1, -0.05) is 35.2 Å². The van der Waals surface area contributed by atoms with Crippen LogP contribution >= 0.6 is 15.9 Å². The van der Waals surface area contributed by atoms with Crippen LogP contribution in [0.3, 0.4) is 0 Å². The fourth-order valence-corrected chi connectivity index (χ4v) is 3.82. The fourth-order valence-electron chi connectivity index (χ4n) is 3.44. The molecule has 0 amide bonds. The molecule has 1 nitrogen and oxygen atoms in total. The summed E-state index contributed by atoms with van der Waals surface area (Å²) >= 11 is 3.49. The molecule has 1 aromatic carbocycles. The Morgan fingerprint density at radius 3 is 2.70 bits per heavy atom. The van der Waals surface area contributed by atoms with E-state index in [2.05, 4.69) is 21.2 Å². The summed E-state index contributed by atoms with van der Waals surface area (Å²) in [6, 6.07) is 6.14. The molecule has 3 heteroatoms. The van der Waals surface area contributed by atoms with Gasteiger partial charge in [0.05, 0.1) is 0 Å². The summed E-state index contributed by atoms with van der Waals surface area (Å²) in [6.45, 7) is 1.06. The van der Waals surface area contributed by atoms with Crippen molar-refractivity contribution in [1.29, 1.82) is 0 Å². The van der Waals surface area contributed by atoms with Gasteiger partial charge < -0.3 is 5.32 Å². The molecule has 20 heavy (non-hydrogen) atoms. The third-order valence-electron chi connectivity index (χ3n) is 4.76. The van der Waals surface area contributed by atoms with Gasteiger partial charge in [-0.2, -0.15) is 0 Å². The van der Waals surface area contributed by atoms with Crippen LogP contribution in [-0.2, 0) is 0 Å². The second-order valence-corrected chi connectivity index (χ2v) is 7.27. The monoisotopic (exact) mass is 339 g/mol. The first-order valence-electron chi connectivity index (χ1n) is 7.92. The molecule has 0 bridgehead atoms. The summed E-state index contributed by atoms with van der Waals surface area (Å²) in [4.78, 5) is 0. The second kappa shape index (κ2) is 6.57. The van der Waals surface area contributed by atoms with E-state index >= 15 is 0 Å². The molecule has 0 spiro atoms. The lowest BCUT2D eigenvalue weighted by Gasteiger charge is -2.26. The third kappa shape index (κ3) is 3.62. The number of benzene rings is 1. The van der Waals surface area contributed by atoms with Crippen LogP contribution in [0.4, 0.5) is 4.39 Å². The van der Waals surface area contributed by atoms with Crippen molar-refractivity contribution >= 4 is 15.9 Å². The summed E-state index contributed by atoms with van der Waals surface area (Å²) < 4.78 is 15.2. The molecule has 0 saturated heterocycles. The summed E-state index contributed by atoms with van der Waals surface area (Å²) in [5.74, 6) is 0.930. The topological polar surface area (TPSA) is 12.0 Å². The molecule has 3 rings (SSSR count). The van der Waals surface area contributed by atoms with Crippen molar-refractivity contribution in [1.82, 2.24) is 5.32 Å². The van der Waals surface area contributed by atoms with Gasteiger partial charge in [0, 0.05) is 10.5 Å². The maximum absolute atomic E-state index is 14.2. The van der Waals surface area contributed by atoms with Crippen LogP contribution in [-0.4, -0.2) is 12.6 Å². The molecule has 0 heterocycles. The molecule has 2 aliphatic carbocycles. The van der Waals surface area contributed by atoms with Gasteiger partial charge in [-0.15, -0.1) is 0 Å². The Balaban J connectivity index is 1.78. The number of hydrogen-bond acceptors (Lipinski definition) is 1. The predicted octanol–water partition coefficient (Wildman–Crippen LogP) is 5.00. The number of nitrogens with one attached hydrogen (secondary N) is 1. The van der Waals surface area contributed by atoms with Crippen LogP contribution < -0.4 is 5.32 Å². The summed E-state index contributed by atoms with van der Waals surface area (Å²) in [6.07, 6.45) is 8.83. The highest BCUT2D eigenvalue weighted by Crippen LogP contribution is 2.38. The zero-order valence-electron chi connectivity index (χ0n) is 11.9. The molecule has 2 unspecified atom stereocenters.